The van der Waals surface area contributed by atoms with Crippen LogP contribution in [0.1, 0.15) is 15.9 Å². The predicted octanol–water partition coefficient (Wildman–Crippen LogP) is 2.41. The summed E-state index contributed by atoms with van der Waals surface area (Å²) in [7, 11) is 0. The quantitative estimate of drug-likeness (QED) is 0.375. The van der Waals surface area contributed by atoms with Gasteiger partial charge in [0.25, 0.3) is 5.78 Å². The summed E-state index contributed by atoms with van der Waals surface area (Å²) in [5.41, 5.74) is 0.654. The lowest BCUT2D eigenvalue weighted by Gasteiger charge is -2.04. The molecule has 0 saturated carbocycles. The lowest BCUT2D eigenvalue weighted by atomic mass is 9.98. The van der Waals surface area contributed by atoms with E-state index in [1.54, 1.807) is 60.7 Å². The van der Waals surface area contributed by atoms with E-state index in [2.05, 4.69) is 0 Å². The first-order valence-electron chi connectivity index (χ1n) is 6.34. The van der Waals surface area contributed by atoms with Crippen molar-refractivity contribution in [1.29, 1.82) is 0 Å². The van der Waals surface area contributed by atoms with Crippen molar-refractivity contribution in [3.05, 3.63) is 77.4 Å². The molecule has 0 atom stereocenters. The van der Waals surface area contributed by atoms with Crippen molar-refractivity contribution in [2.24, 2.45) is 0 Å². The first-order chi connectivity index (χ1) is 10.2. The molecule has 1 aliphatic rings. The zero-order chi connectivity index (χ0) is 14.8. The number of benzene rings is 2. The van der Waals surface area contributed by atoms with Crippen LogP contribution in [0.5, 0.6) is 0 Å². The largest absolute Gasteiger partial charge is 0.419 e. The highest BCUT2D eigenvalue weighted by atomic mass is 17.4. The van der Waals surface area contributed by atoms with Crippen LogP contribution in [0.2, 0.25) is 0 Å². The number of hydrogen-bond acceptors (Lipinski definition) is 4. The van der Waals surface area contributed by atoms with Crippen LogP contribution >= 0.6 is 0 Å². The number of ketones is 2. The molecule has 0 radical (unpaired) electrons. The van der Waals surface area contributed by atoms with E-state index in [1.165, 1.54) is 0 Å². The minimum absolute atomic E-state index is 0.0273. The topological polar surface area (TPSA) is 60.4 Å². The van der Waals surface area contributed by atoms with E-state index in [9.17, 15) is 14.4 Å². The Morgan fingerprint density at radius 1 is 0.857 bits per heavy atom. The van der Waals surface area contributed by atoms with Gasteiger partial charge in [-0.1, -0.05) is 60.7 Å². The molecule has 0 unspecified atom stereocenters. The van der Waals surface area contributed by atoms with Gasteiger partial charge in [-0.15, -0.1) is 0 Å². The van der Waals surface area contributed by atoms with Crippen LogP contribution in [-0.2, 0) is 14.3 Å². The standard InChI is InChI=1S/C17H10O4/c18-14(11-7-3-1-4-8-11)13-15(19)17(20)21-16(13)12-9-5-2-6-10-12/h1-10H/i18+1,21+1. The number of esters is 1. The Labute approximate surface area is 120 Å². The van der Waals surface area contributed by atoms with E-state index in [0.717, 1.165) is 0 Å². The molecule has 102 valence electrons. The Morgan fingerprint density at radius 2 is 1.43 bits per heavy atom. The molecule has 0 aromatic heterocycles. The average Bonchev–Trinajstić information content (AvgIpc) is 2.84. The Morgan fingerprint density at radius 3 is 2.05 bits per heavy atom. The van der Waals surface area contributed by atoms with Crippen LogP contribution in [0.4, 0.5) is 0 Å². The second-order valence-electron chi connectivity index (χ2n) is 4.48. The lowest BCUT2D eigenvalue weighted by molar-refractivity contribution is -0.144. The molecule has 0 fully saturated rings. The molecule has 0 amide bonds. The summed E-state index contributed by atoms with van der Waals surface area (Å²) < 4.78 is 4.99. The van der Waals surface area contributed by atoms with Crippen molar-refractivity contribution in [1.82, 2.24) is 0 Å². The molecule has 21 heavy (non-hydrogen) atoms. The normalized spacial score (nSPS) is 14.3. The number of rotatable bonds is 3. The average molecular weight is 280 g/mol. The highest BCUT2D eigenvalue weighted by Gasteiger charge is 2.39. The van der Waals surface area contributed by atoms with Gasteiger partial charge >= 0.3 is 5.97 Å². The maximum Gasteiger partial charge on any atom is 0.385 e. The van der Waals surface area contributed by atoms with E-state index >= 15 is 0 Å². The van der Waals surface area contributed by atoms with Gasteiger partial charge in [0.2, 0.25) is 5.78 Å². The number of hydrogen-bond donors (Lipinski definition) is 0. The van der Waals surface area contributed by atoms with Crippen molar-refractivity contribution in [3.8, 4) is 0 Å². The van der Waals surface area contributed by atoms with E-state index < -0.39 is 17.5 Å². The summed E-state index contributed by atoms with van der Waals surface area (Å²) in [6, 6.07) is 17.0. The zero-order valence-electron chi connectivity index (χ0n) is 10.9. The number of carbonyl (C=O) groups excluding carboxylic acids is 3. The Balaban J connectivity index is 2.13. The number of carbonyl (C=O) groups is 3. The highest BCUT2D eigenvalue weighted by molar-refractivity contribution is 6.53. The molecule has 0 N–H and O–H groups in total. The molecule has 0 bridgehead atoms. The summed E-state index contributed by atoms with van der Waals surface area (Å²) in [4.78, 5) is 36.0. The van der Waals surface area contributed by atoms with Gasteiger partial charge < -0.3 is 4.74 Å². The van der Waals surface area contributed by atoms with Crippen molar-refractivity contribution < 1.29 is 19.1 Å². The molecule has 1 aliphatic heterocycles. The molecule has 0 aliphatic carbocycles. The third-order valence-electron chi connectivity index (χ3n) is 3.13. The highest BCUT2D eigenvalue weighted by Crippen LogP contribution is 2.29. The fourth-order valence-corrected chi connectivity index (χ4v) is 2.13. The number of Topliss-reactive ketones (excluding diaryl/α,β-unsaturated/α-hetero) is 2. The van der Waals surface area contributed by atoms with Crippen LogP contribution < -0.4 is 0 Å². The van der Waals surface area contributed by atoms with E-state index in [-0.39, 0.29) is 11.3 Å². The third kappa shape index (κ3) is 2.27. The molecular weight excluding hydrogens is 270 g/mol. The van der Waals surface area contributed by atoms with Crippen molar-refractivity contribution in [2.75, 3.05) is 0 Å². The fourth-order valence-electron chi connectivity index (χ4n) is 2.13. The fraction of sp³-hybridized carbons (Fsp3) is 0. The van der Waals surface area contributed by atoms with E-state index in [0.29, 0.717) is 11.1 Å². The van der Waals surface area contributed by atoms with Gasteiger partial charge in [-0.25, -0.2) is 4.79 Å². The molecule has 2 aromatic carbocycles. The van der Waals surface area contributed by atoms with Gasteiger partial charge in [0.1, 0.15) is 5.57 Å². The van der Waals surface area contributed by atoms with Crippen LogP contribution in [0.3, 0.4) is 0 Å². The predicted molar refractivity (Wildman–Crippen MR) is 75.2 cm³/mol. The Bertz CT molecular complexity index is 758. The molecule has 0 saturated heterocycles. The van der Waals surface area contributed by atoms with Gasteiger partial charge in [-0.3, -0.25) is 9.59 Å². The molecule has 4 nitrogen and oxygen atoms in total. The van der Waals surface area contributed by atoms with Gasteiger partial charge in [-0.05, 0) is 0 Å². The van der Waals surface area contributed by atoms with Gasteiger partial charge in [-0.2, -0.15) is 0 Å². The molecule has 4 heteroatoms. The van der Waals surface area contributed by atoms with Gasteiger partial charge in [0, 0.05) is 11.1 Å². The van der Waals surface area contributed by atoms with E-state index in [4.69, 9.17) is 4.74 Å². The molecule has 1 heterocycles. The Hall–Kier alpha value is -3.01. The smallest absolute Gasteiger partial charge is 0.385 e. The minimum Gasteiger partial charge on any atom is -0.419 e. The van der Waals surface area contributed by atoms with Crippen molar-refractivity contribution >= 4 is 23.3 Å². The summed E-state index contributed by atoms with van der Waals surface area (Å²) in [6.07, 6.45) is 0. The summed E-state index contributed by atoms with van der Waals surface area (Å²) in [6.45, 7) is 0. The third-order valence-corrected chi connectivity index (χ3v) is 3.13. The molecular formula is C17H10O4. The molecule has 3 rings (SSSR count). The maximum atomic E-state index is 12.5. The number of ether oxygens (including phenoxy) is 1. The van der Waals surface area contributed by atoms with Crippen LogP contribution in [0, 0.1) is 0 Å². The van der Waals surface area contributed by atoms with Gasteiger partial charge in [0.15, 0.2) is 5.76 Å². The van der Waals surface area contributed by atoms with Crippen molar-refractivity contribution in [2.45, 2.75) is 0 Å². The van der Waals surface area contributed by atoms with Crippen molar-refractivity contribution in [3.63, 3.8) is 0 Å². The summed E-state index contributed by atoms with van der Waals surface area (Å²) in [5.74, 6) is -2.40. The van der Waals surface area contributed by atoms with E-state index in [1.807, 2.05) is 0 Å². The first kappa shape index (κ1) is 13.0. The Kier molecular flexibility index (Phi) is 3.20. The zero-order valence-corrected chi connectivity index (χ0v) is 10.9. The maximum absolute atomic E-state index is 12.5. The summed E-state index contributed by atoms with van der Waals surface area (Å²) in [5, 5.41) is 0. The molecule has 2 aromatic rings. The summed E-state index contributed by atoms with van der Waals surface area (Å²) >= 11 is 0. The monoisotopic (exact) mass is 280 g/mol. The second-order valence-corrected chi connectivity index (χ2v) is 4.48. The van der Waals surface area contributed by atoms with Crippen LogP contribution in [-0.4, -0.2) is 17.5 Å². The van der Waals surface area contributed by atoms with Crippen LogP contribution in [0.15, 0.2) is 66.2 Å². The number of cyclic esters (lactones) is 1. The first-order valence-corrected chi connectivity index (χ1v) is 6.34. The lowest BCUT2D eigenvalue weighted by Crippen LogP contribution is -2.16. The minimum atomic E-state index is -1.02. The second kappa shape index (κ2) is 5.17. The van der Waals surface area contributed by atoms with Gasteiger partial charge in [0.05, 0.1) is 0 Å². The molecule has 0 spiro atoms. The SMILES string of the molecule is O=C1[17O]C(c2ccccc2)=C(C(=[17O])c2ccccc2)C1=O. The van der Waals surface area contributed by atoms with Crippen LogP contribution in [0.25, 0.3) is 5.76 Å².